The lowest BCUT2D eigenvalue weighted by atomic mass is 10.0. The smallest absolute Gasteiger partial charge is 0.0646 e. The molecule has 28 heavy (non-hydrogen) atoms. The third kappa shape index (κ3) is 4.37. The third-order valence-electron chi connectivity index (χ3n) is 5.15. The fourth-order valence-corrected chi connectivity index (χ4v) is 3.64. The van der Waals surface area contributed by atoms with Crippen molar-refractivity contribution in [2.24, 2.45) is 5.10 Å². The summed E-state index contributed by atoms with van der Waals surface area (Å²) in [6, 6.07) is 27.2. The van der Waals surface area contributed by atoms with Crippen LogP contribution in [0.25, 0.3) is 11.1 Å². The van der Waals surface area contributed by atoms with Gasteiger partial charge in [-0.1, -0.05) is 66.2 Å². The predicted molar refractivity (Wildman–Crippen MR) is 119 cm³/mol. The molecule has 1 saturated heterocycles. The van der Waals surface area contributed by atoms with E-state index in [2.05, 4.69) is 77.5 Å². The van der Waals surface area contributed by atoms with E-state index in [-0.39, 0.29) is 0 Å². The Morgan fingerprint density at radius 1 is 0.750 bits per heavy atom. The topological polar surface area (TPSA) is 18.8 Å². The molecule has 0 atom stereocenters. The van der Waals surface area contributed by atoms with Gasteiger partial charge in [-0.3, -0.25) is 5.01 Å². The molecule has 3 nitrogen and oxygen atoms in total. The molecule has 0 aliphatic carbocycles. The molecule has 0 spiro atoms. The molecule has 0 amide bonds. The van der Waals surface area contributed by atoms with Crippen LogP contribution in [0.5, 0.6) is 0 Å². The average molecular weight is 390 g/mol. The lowest BCUT2D eigenvalue weighted by Gasteiger charge is -2.35. The Labute approximate surface area is 171 Å². The number of halogens is 1. The van der Waals surface area contributed by atoms with Crippen LogP contribution in [-0.4, -0.2) is 36.9 Å². The van der Waals surface area contributed by atoms with Crippen LogP contribution in [0.4, 0.5) is 5.69 Å². The summed E-state index contributed by atoms with van der Waals surface area (Å²) in [6.07, 6.45) is 0. The standard InChI is InChI=1S/C24H24ClN3/c1-19(20-7-9-22(10-8-20)21-5-3-2-4-6-21)26-28-17-15-27(16-18-28)24-13-11-23(25)12-14-24/h2-14H,15-18H2,1H3/b26-19-. The minimum Gasteiger partial charge on any atom is -0.368 e. The van der Waals surface area contributed by atoms with Gasteiger partial charge in [-0.05, 0) is 47.9 Å². The van der Waals surface area contributed by atoms with Crippen molar-refractivity contribution in [3.63, 3.8) is 0 Å². The molecule has 0 aromatic heterocycles. The molecule has 0 N–H and O–H groups in total. The number of piperazine rings is 1. The number of rotatable bonds is 4. The zero-order valence-corrected chi connectivity index (χ0v) is 16.8. The first kappa shape index (κ1) is 18.6. The molecule has 0 bridgehead atoms. The van der Waals surface area contributed by atoms with Crippen molar-refractivity contribution < 1.29 is 0 Å². The molecule has 3 aromatic carbocycles. The van der Waals surface area contributed by atoms with E-state index < -0.39 is 0 Å². The Morgan fingerprint density at radius 3 is 2.00 bits per heavy atom. The quantitative estimate of drug-likeness (QED) is 0.544. The van der Waals surface area contributed by atoms with E-state index in [1.54, 1.807) is 0 Å². The molecular weight excluding hydrogens is 366 g/mol. The van der Waals surface area contributed by atoms with Gasteiger partial charge in [-0.25, -0.2) is 0 Å². The molecule has 0 saturated carbocycles. The fourth-order valence-electron chi connectivity index (χ4n) is 3.51. The van der Waals surface area contributed by atoms with Crippen molar-refractivity contribution in [2.45, 2.75) is 6.92 Å². The average Bonchev–Trinajstić information content (AvgIpc) is 2.76. The number of hydrogen-bond acceptors (Lipinski definition) is 3. The van der Waals surface area contributed by atoms with Gasteiger partial charge in [0.05, 0.1) is 18.8 Å². The number of benzene rings is 3. The third-order valence-corrected chi connectivity index (χ3v) is 5.40. The van der Waals surface area contributed by atoms with Crippen LogP contribution in [0, 0.1) is 0 Å². The van der Waals surface area contributed by atoms with Gasteiger partial charge in [0.2, 0.25) is 0 Å². The van der Waals surface area contributed by atoms with Crippen molar-refractivity contribution in [1.29, 1.82) is 0 Å². The van der Waals surface area contributed by atoms with Gasteiger partial charge >= 0.3 is 0 Å². The fraction of sp³-hybridized carbons (Fsp3) is 0.208. The molecule has 4 rings (SSSR count). The number of nitrogens with zero attached hydrogens (tertiary/aromatic N) is 3. The summed E-state index contributed by atoms with van der Waals surface area (Å²) in [7, 11) is 0. The summed E-state index contributed by atoms with van der Waals surface area (Å²) in [5.74, 6) is 0. The summed E-state index contributed by atoms with van der Waals surface area (Å²) in [5, 5.41) is 7.81. The molecule has 1 aliphatic rings. The van der Waals surface area contributed by atoms with Crippen LogP contribution in [0.15, 0.2) is 84.0 Å². The maximum atomic E-state index is 5.99. The lowest BCUT2D eigenvalue weighted by Crippen LogP contribution is -2.44. The van der Waals surface area contributed by atoms with E-state index in [0.717, 1.165) is 36.9 Å². The lowest BCUT2D eigenvalue weighted by molar-refractivity contribution is 0.270. The number of hydrazone groups is 1. The summed E-state index contributed by atoms with van der Waals surface area (Å²) in [6.45, 7) is 5.85. The van der Waals surface area contributed by atoms with Gasteiger partial charge in [0.15, 0.2) is 0 Å². The Bertz CT molecular complexity index is 926. The Hall–Kier alpha value is -2.78. The van der Waals surface area contributed by atoms with Crippen LogP contribution >= 0.6 is 11.6 Å². The van der Waals surface area contributed by atoms with Crippen molar-refractivity contribution >= 4 is 23.0 Å². The zero-order chi connectivity index (χ0) is 19.3. The van der Waals surface area contributed by atoms with Gasteiger partial charge in [0.1, 0.15) is 0 Å². The van der Waals surface area contributed by atoms with E-state index in [1.807, 2.05) is 18.2 Å². The highest BCUT2D eigenvalue weighted by atomic mass is 35.5. The largest absolute Gasteiger partial charge is 0.368 e. The first-order valence-electron chi connectivity index (χ1n) is 9.65. The molecule has 3 aromatic rings. The minimum absolute atomic E-state index is 0.779. The van der Waals surface area contributed by atoms with Gasteiger partial charge < -0.3 is 4.90 Å². The van der Waals surface area contributed by atoms with Crippen LogP contribution in [0.1, 0.15) is 12.5 Å². The van der Waals surface area contributed by atoms with Crippen molar-refractivity contribution in [1.82, 2.24) is 5.01 Å². The van der Waals surface area contributed by atoms with Crippen LogP contribution < -0.4 is 4.90 Å². The van der Waals surface area contributed by atoms with Crippen molar-refractivity contribution in [3.05, 3.63) is 89.4 Å². The highest BCUT2D eigenvalue weighted by Gasteiger charge is 2.16. The van der Waals surface area contributed by atoms with Gasteiger partial charge in [-0.15, -0.1) is 0 Å². The summed E-state index contributed by atoms with van der Waals surface area (Å²) < 4.78 is 0. The van der Waals surface area contributed by atoms with E-state index >= 15 is 0 Å². The highest BCUT2D eigenvalue weighted by Crippen LogP contribution is 2.21. The van der Waals surface area contributed by atoms with Gasteiger partial charge in [-0.2, -0.15) is 5.10 Å². The van der Waals surface area contributed by atoms with E-state index in [9.17, 15) is 0 Å². The predicted octanol–water partition coefficient (Wildman–Crippen LogP) is 5.55. The second-order valence-electron chi connectivity index (χ2n) is 7.05. The second kappa shape index (κ2) is 8.49. The zero-order valence-electron chi connectivity index (χ0n) is 16.1. The van der Waals surface area contributed by atoms with Crippen LogP contribution in [0.3, 0.4) is 0 Å². The van der Waals surface area contributed by atoms with Crippen LogP contribution in [-0.2, 0) is 0 Å². The van der Waals surface area contributed by atoms with Gasteiger partial charge in [0.25, 0.3) is 0 Å². The molecule has 4 heteroatoms. The van der Waals surface area contributed by atoms with E-state index in [1.165, 1.54) is 22.4 Å². The summed E-state index contributed by atoms with van der Waals surface area (Å²) >= 11 is 5.99. The maximum absolute atomic E-state index is 5.99. The molecule has 0 unspecified atom stereocenters. The molecular formula is C24H24ClN3. The van der Waals surface area contributed by atoms with E-state index in [4.69, 9.17) is 16.7 Å². The molecule has 1 fully saturated rings. The highest BCUT2D eigenvalue weighted by molar-refractivity contribution is 6.30. The SMILES string of the molecule is C/C(=N/N1CCN(c2ccc(Cl)cc2)CC1)c1ccc(-c2ccccc2)cc1. The second-order valence-corrected chi connectivity index (χ2v) is 7.48. The van der Waals surface area contributed by atoms with Gasteiger partial charge in [0, 0.05) is 23.8 Å². The number of hydrogen-bond donors (Lipinski definition) is 0. The molecule has 1 aliphatic heterocycles. The minimum atomic E-state index is 0.779. The normalized spacial score (nSPS) is 15.0. The van der Waals surface area contributed by atoms with E-state index in [0.29, 0.717) is 0 Å². The number of anilines is 1. The monoisotopic (exact) mass is 389 g/mol. The Balaban J connectivity index is 1.39. The summed E-state index contributed by atoms with van der Waals surface area (Å²) in [4.78, 5) is 2.38. The molecule has 142 valence electrons. The van der Waals surface area contributed by atoms with Crippen molar-refractivity contribution in [3.8, 4) is 11.1 Å². The summed E-state index contributed by atoms with van der Waals surface area (Å²) in [5.41, 5.74) is 5.91. The first-order valence-corrected chi connectivity index (χ1v) is 10.0. The van der Waals surface area contributed by atoms with Crippen LogP contribution in [0.2, 0.25) is 5.02 Å². The first-order chi connectivity index (χ1) is 13.7. The molecule has 0 radical (unpaired) electrons. The van der Waals surface area contributed by atoms with Crippen molar-refractivity contribution in [2.75, 3.05) is 31.1 Å². The molecule has 1 heterocycles. The Kier molecular flexibility index (Phi) is 5.63. The maximum Gasteiger partial charge on any atom is 0.0646 e. The Morgan fingerprint density at radius 2 is 1.36 bits per heavy atom.